The highest BCUT2D eigenvalue weighted by Crippen LogP contribution is 2.34. The van der Waals surface area contributed by atoms with Crippen LogP contribution in [0.5, 0.6) is 0 Å². The standard InChI is InChI=1S/C20H28BrN5O.HI/c1-3-22-19(23-14-18-8-11-25-26(18)2)24-15-20(9-12-27-13-10-20)16-4-6-17(21)7-5-16;/h4-8,11H,3,9-10,12-15H2,1-2H3,(H2,22,23,24);1H. The summed E-state index contributed by atoms with van der Waals surface area (Å²) in [7, 11) is 1.94. The van der Waals surface area contributed by atoms with Crippen molar-refractivity contribution >= 4 is 45.9 Å². The molecule has 3 rings (SSSR count). The number of rotatable bonds is 6. The molecule has 0 bridgehead atoms. The van der Waals surface area contributed by atoms with Crippen LogP contribution in [0.3, 0.4) is 0 Å². The van der Waals surface area contributed by atoms with Crippen molar-refractivity contribution in [3.8, 4) is 0 Å². The lowest BCUT2D eigenvalue weighted by molar-refractivity contribution is 0.0514. The molecule has 0 aliphatic carbocycles. The normalized spacial score (nSPS) is 16.3. The summed E-state index contributed by atoms with van der Waals surface area (Å²) in [6.07, 6.45) is 3.81. The largest absolute Gasteiger partial charge is 0.381 e. The quantitative estimate of drug-likeness (QED) is 0.321. The molecule has 0 unspecified atom stereocenters. The average Bonchev–Trinajstić information content (AvgIpc) is 3.10. The van der Waals surface area contributed by atoms with Crippen LogP contribution in [0.1, 0.15) is 31.0 Å². The Hall–Kier alpha value is -1.13. The molecule has 0 atom stereocenters. The van der Waals surface area contributed by atoms with Gasteiger partial charge in [0, 0.05) is 49.4 Å². The summed E-state index contributed by atoms with van der Waals surface area (Å²) in [5.74, 6) is 0.835. The van der Waals surface area contributed by atoms with Crippen molar-refractivity contribution in [1.82, 2.24) is 20.4 Å². The van der Waals surface area contributed by atoms with Gasteiger partial charge in [0.05, 0.1) is 12.2 Å². The number of halogens is 2. The molecule has 1 aliphatic rings. The second-order valence-electron chi connectivity index (χ2n) is 6.89. The number of aromatic nitrogens is 2. The predicted molar refractivity (Wildman–Crippen MR) is 127 cm³/mol. The summed E-state index contributed by atoms with van der Waals surface area (Å²) >= 11 is 3.54. The van der Waals surface area contributed by atoms with E-state index in [-0.39, 0.29) is 29.4 Å². The van der Waals surface area contributed by atoms with Gasteiger partial charge in [-0.05, 0) is 43.5 Å². The molecule has 2 heterocycles. The summed E-state index contributed by atoms with van der Waals surface area (Å²) in [4.78, 5) is 4.73. The predicted octanol–water partition coefficient (Wildman–Crippen LogP) is 3.60. The van der Waals surface area contributed by atoms with Crippen LogP contribution in [0.25, 0.3) is 0 Å². The Balaban J connectivity index is 0.00000280. The lowest BCUT2D eigenvalue weighted by Crippen LogP contribution is -2.48. The number of guanidine groups is 1. The van der Waals surface area contributed by atoms with Gasteiger partial charge < -0.3 is 15.4 Å². The number of aliphatic imine (C=N–C) groups is 1. The van der Waals surface area contributed by atoms with Crippen molar-refractivity contribution in [1.29, 1.82) is 0 Å². The third kappa shape index (κ3) is 5.93. The van der Waals surface area contributed by atoms with Gasteiger partial charge in [-0.15, -0.1) is 24.0 Å². The third-order valence-corrected chi connectivity index (χ3v) is 5.70. The third-order valence-electron chi connectivity index (χ3n) is 5.17. The zero-order valence-electron chi connectivity index (χ0n) is 16.4. The van der Waals surface area contributed by atoms with E-state index < -0.39 is 0 Å². The van der Waals surface area contributed by atoms with Crippen LogP contribution in [-0.2, 0) is 23.7 Å². The molecule has 1 aliphatic heterocycles. The fourth-order valence-corrected chi connectivity index (χ4v) is 3.71. The fourth-order valence-electron chi connectivity index (χ4n) is 3.44. The maximum atomic E-state index is 5.64. The number of nitrogens with one attached hydrogen (secondary N) is 2. The lowest BCUT2D eigenvalue weighted by atomic mass is 9.74. The van der Waals surface area contributed by atoms with Gasteiger partial charge in [0.25, 0.3) is 0 Å². The number of benzene rings is 1. The Morgan fingerprint density at radius 3 is 2.54 bits per heavy atom. The summed E-state index contributed by atoms with van der Waals surface area (Å²) < 4.78 is 8.60. The first-order valence-corrected chi connectivity index (χ1v) is 10.2. The van der Waals surface area contributed by atoms with Gasteiger partial charge in [-0.25, -0.2) is 4.99 Å². The molecule has 0 saturated carbocycles. The average molecular weight is 562 g/mol. The molecule has 1 saturated heterocycles. The van der Waals surface area contributed by atoms with Gasteiger partial charge in [-0.1, -0.05) is 28.1 Å². The first kappa shape index (κ1) is 23.2. The van der Waals surface area contributed by atoms with E-state index in [4.69, 9.17) is 9.73 Å². The topological polar surface area (TPSA) is 63.5 Å². The van der Waals surface area contributed by atoms with Crippen LogP contribution in [0.15, 0.2) is 46.0 Å². The number of nitrogens with zero attached hydrogens (tertiary/aromatic N) is 3. The molecule has 2 N–H and O–H groups in total. The van der Waals surface area contributed by atoms with Crippen LogP contribution < -0.4 is 10.6 Å². The Morgan fingerprint density at radius 1 is 1.21 bits per heavy atom. The molecular formula is C20H29BrIN5O. The monoisotopic (exact) mass is 561 g/mol. The zero-order chi connectivity index (χ0) is 19.1. The fraction of sp³-hybridized carbons (Fsp3) is 0.500. The second-order valence-corrected chi connectivity index (χ2v) is 7.81. The Morgan fingerprint density at radius 2 is 1.93 bits per heavy atom. The molecular weight excluding hydrogens is 533 g/mol. The van der Waals surface area contributed by atoms with Crippen molar-refractivity contribution < 1.29 is 4.74 Å². The number of aryl methyl sites for hydroxylation is 1. The molecule has 0 spiro atoms. The van der Waals surface area contributed by atoms with E-state index in [0.29, 0.717) is 6.54 Å². The van der Waals surface area contributed by atoms with E-state index in [2.05, 4.69) is 62.9 Å². The molecule has 0 radical (unpaired) electrons. The van der Waals surface area contributed by atoms with Gasteiger partial charge in [0.15, 0.2) is 5.96 Å². The summed E-state index contributed by atoms with van der Waals surface area (Å²) in [5, 5.41) is 11.1. The van der Waals surface area contributed by atoms with E-state index in [9.17, 15) is 0 Å². The van der Waals surface area contributed by atoms with Gasteiger partial charge >= 0.3 is 0 Å². The highest BCUT2D eigenvalue weighted by atomic mass is 127. The van der Waals surface area contributed by atoms with Crippen molar-refractivity contribution in [2.75, 3.05) is 26.3 Å². The van der Waals surface area contributed by atoms with Crippen LogP contribution in [0, 0.1) is 0 Å². The molecule has 1 fully saturated rings. The molecule has 28 heavy (non-hydrogen) atoms. The van der Waals surface area contributed by atoms with E-state index in [0.717, 1.165) is 55.3 Å². The van der Waals surface area contributed by atoms with Crippen molar-refractivity contribution in [3.05, 3.63) is 52.3 Å². The zero-order valence-corrected chi connectivity index (χ0v) is 20.4. The Labute approximate surface area is 192 Å². The molecule has 154 valence electrons. The molecule has 8 heteroatoms. The maximum absolute atomic E-state index is 5.64. The van der Waals surface area contributed by atoms with E-state index in [1.54, 1.807) is 6.20 Å². The smallest absolute Gasteiger partial charge is 0.191 e. The lowest BCUT2D eigenvalue weighted by Gasteiger charge is -2.38. The highest BCUT2D eigenvalue weighted by molar-refractivity contribution is 14.0. The van der Waals surface area contributed by atoms with Crippen LogP contribution in [0.2, 0.25) is 0 Å². The molecule has 6 nitrogen and oxygen atoms in total. The number of hydrogen-bond acceptors (Lipinski definition) is 3. The minimum absolute atomic E-state index is 0. The molecule has 1 aromatic carbocycles. The van der Waals surface area contributed by atoms with Crippen LogP contribution in [-0.4, -0.2) is 42.0 Å². The van der Waals surface area contributed by atoms with Gasteiger partial charge in [0.2, 0.25) is 0 Å². The highest BCUT2D eigenvalue weighted by Gasteiger charge is 2.34. The van der Waals surface area contributed by atoms with Gasteiger partial charge in [-0.3, -0.25) is 4.68 Å². The molecule has 0 amide bonds. The summed E-state index contributed by atoms with van der Waals surface area (Å²) in [6.45, 7) is 5.92. The Kier molecular flexibility index (Phi) is 9.23. The van der Waals surface area contributed by atoms with Crippen LogP contribution in [0.4, 0.5) is 0 Å². The SMILES string of the molecule is CCNC(=NCc1ccnn1C)NCC1(c2ccc(Br)cc2)CCOCC1.I. The first-order valence-electron chi connectivity index (χ1n) is 9.46. The maximum Gasteiger partial charge on any atom is 0.191 e. The van der Waals surface area contributed by atoms with Crippen molar-refractivity contribution in [2.45, 2.75) is 31.7 Å². The van der Waals surface area contributed by atoms with Crippen LogP contribution >= 0.6 is 39.9 Å². The second kappa shape index (κ2) is 11.2. The number of hydrogen-bond donors (Lipinski definition) is 2. The minimum atomic E-state index is 0. The number of ether oxygens (including phenoxy) is 1. The first-order chi connectivity index (χ1) is 13.1. The summed E-state index contributed by atoms with van der Waals surface area (Å²) in [6, 6.07) is 10.7. The molecule has 2 aromatic rings. The van der Waals surface area contributed by atoms with E-state index in [1.165, 1.54) is 5.56 Å². The molecule has 1 aromatic heterocycles. The van der Waals surface area contributed by atoms with E-state index in [1.807, 2.05) is 17.8 Å². The summed E-state index contributed by atoms with van der Waals surface area (Å²) in [5.41, 5.74) is 2.49. The van der Waals surface area contributed by atoms with E-state index >= 15 is 0 Å². The van der Waals surface area contributed by atoms with Crippen molar-refractivity contribution in [2.24, 2.45) is 12.0 Å². The minimum Gasteiger partial charge on any atom is -0.381 e. The van der Waals surface area contributed by atoms with Gasteiger partial charge in [-0.2, -0.15) is 5.10 Å². The Bertz CT molecular complexity index is 756. The van der Waals surface area contributed by atoms with Crippen molar-refractivity contribution in [3.63, 3.8) is 0 Å². The van der Waals surface area contributed by atoms with Gasteiger partial charge in [0.1, 0.15) is 0 Å².